The summed E-state index contributed by atoms with van der Waals surface area (Å²) in [6.45, 7) is 0.989. The van der Waals surface area contributed by atoms with Gasteiger partial charge in [-0.15, -0.1) is 0 Å². The van der Waals surface area contributed by atoms with E-state index in [9.17, 15) is 0 Å². The largest absolute Gasteiger partial charge is 0.294 e. The molecule has 176 valence electrons. The predicted molar refractivity (Wildman–Crippen MR) is 151 cm³/mol. The zero-order valence-electron chi connectivity index (χ0n) is 20.6. The van der Waals surface area contributed by atoms with Crippen LogP contribution in [-0.4, -0.2) is 4.57 Å². The second kappa shape index (κ2) is 9.07. The van der Waals surface area contributed by atoms with E-state index in [0.29, 0.717) is 0 Å². The van der Waals surface area contributed by atoms with Gasteiger partial charge in [-0.3, -0.25) is 0 Å². The monoisotopic (exact) mass is 475 g/mol. The highest BCUT2D eigenvalue weighted by molar-refractivity contribution is 5.91. The lowest BCUT2D eigenvalue weighted by Crippen LogP contribution is -2.39. The van der Waals surface area contributed by atoms with Gasteiger partial charge in [0.2, 0.25) is 0 Å². The number of rotatable bonds is 4. The standard InChI is InChI=1S/C35H27N2/c1-4-12-26(13-5-1)30-24-32(27-14-6-2-7-15-27)34(33(25-30)28-16-8-3-9-17-28)37-23-22-36-21-20-29-18-10-11-19-31(29)35(36)37/h1-19,22-25H,20-21H2/q+1. The van der Waals surface area contributed by atoms with Crippen molar-refractivity contribution in [2.75, 3.05) is 0 Å². The van der Waals surface area contributed by atoms with Crippen LogP contribution in [0.2, 0.25) is 0 Å². The zero-order chi connectivity index (χ0) is 24.6. The molecule has 2 heteroatoms. The minimum absolute atomic E-state index is 0.989. The van der Waals surface area contributed by atoms with Crippen molar-refractivity contribution in [2.45, 2.75) is 13.0 Å². The van der Waals surface area contributed by atoms with E-state index < -0.39 is 0 Å². The summed E-state index contributed by atoms with van der Waals surface area (Å²) in [6, 6.07) is 45.8. The number of hydrogen-bond acceptors (Lipinski definition) is 0. The molecule has 0 saturated heterocycles. The first-order valence-electron chi connectivity index (χ1n) is 12.9. The molecule has 0 aliphatic carbocycles. The minimum atomic E-state index is 0.989. The number of nitrogens with zero attached hydrogens (tertiary/aromatic N) is 2. The Balaban J connectivity index is 1.59. The molecule has 0 N–H and O–H groups in total. The van der Waals surface area contributed by atoms with E-state index in [1.807, 2.05) is 0 Å². The summed E-state index contributed by atoms with van der Waals surface area (Å²) in [6.07, 6.45) is 5.54. The molecule has 0 spiro atoms. The van der Waals surface area contributed by atoms with Gasteiger partial charge in [0, 0.05) is 17.5 Å². The average Bonchev–Trinajstić information content (AvgIpc) is 3.42. The van der Waals surface area contributed by atoms with E-state index >= 15 is 0 Å². The maximum atomic E-state index is 2.41. The molecule has 0 bridgehead atoms. The Morgan fingerprint density at radius 3 is 1.68 bits per heavy atom. The Labute approximate surface area is 217 Å². The molecule has 0 saturated carbocycles. The van der Waals surface area contributed by atoms with Gasteiger partial charge in [-0.2, -0.15) is 4.57 Å². The molecule has 1 aromatic heterocycles. The molecular formula is C35H27N2+. The molecule has 0 amide bonds. The third kappa shape index (κ3) is 3.78. The highest BCUT2D eigenvalue weighted by Crippen LogP contribution is 2.41. The summed E-state index contributed by atoms with van der Waals surface area (Å²) in [7, 11) is 0. The van der Waals surface area contributed by atoms with Crippen LogP contribution in [0.3, 0.4) is 0 Å². The Bertz CT molecular complexity index is 1640. The van der Waals surface area contributed by atoms with Crippen molar-refractivity contribution in [3.63, 3.8) is 0 Å². The summed E-state index contributed by atoms with van der Waals surface area (Å²) in [5, 5.41) is 0. The van der Waals surface area contributed by atoms with E-state index in [1.165, 1.54) is 56.0 Å². The van der Waals surface area contributed by atoms with Crippen molar-refractivity contribution in [3.8, 4) is 50.5 Å². The van der Waals surface area contributed by atoms with Crippen LogP contribution in [0.15, 0.2) is 140 Å². The zero-order valence-corrected chi connectivity index (χ0v) is 20.6. The van der Waals surface area contributed by atoms with Crippen LogP contribution in [0.25, 0.3) is 50.5 Å². The summed E-state index contributed by atoms with van der Waals surface area (Å²) >= 11 is 0. The third-order valence-electron chi connectivity index (χ3n) is 7.40. The number of aryl methyl sites for hydroxylation is 2. The smallest absolute Gasteiger partial charge is 0.229 e. The van der Waals surface area contributed by atoms with Gasteiger partial charge in [-0.1, -0.05) is 109 Å². The Morgan fingerprint density at radius 1 is 0.514 bits per heavy atom. The molecule has 0 unspecified atom stereocenters. The summed E-state index contributed by atoms with van der Waals surface area (Å²) in [5.74, 6) is 1.24. The van der Waals surface area contributed by atoms with Crippen LogP contribution >= 0.6 is 0 Å². The van der Waals surface area contributed by atoms with Crippen LogP contribution in [0.5, 0.6) is 0 Å². The van der Waals surface area contributed by atoms with Crippen LogP contribution < -0.4 is 4.57 Å². The lowest BCUT2D eigenvalue weighted by Gasteiger charge is -2.19. The second-order valence-electron chi connectivity index (χ2n) is 9.61. The highest BCUT2D eigenvalue weighted by Gasteiger charge is 2.30. The summed E-state index contributed by atoms with van der Waals surface area (Å²) in [5.41, 5.74) is 11.2. The molecular weight excluding hydrogens is 448 g/mol. The van der Waals surface area contributed by atoms with Crippen molar-refractivity contribution in [1.82, 2.24) is 4.57 Å². The molecule has 1 aliphatic heterocycles. The number of imidazole rings is 1. The summed E-state index contributed by atoms with van der Waals surface area (Å²) < 4.78 is 4.81. The van der Waals surface area contributed by atoms with Gasteiger partial charge in [-0.25, -0.2) is 4.57 Å². The van der Waals surface area contributed by atoms with E-state index in [1.54, 1.807) is 0 Å². The molecule has 0 radical (unpaired) electrons. The minimum Gasteiger partial charge on any atom is -0.229 e. The van der Waals surface area contributed by atoms with Gasteiger partial charge >= 0.3 is 0 Å². The first-order chi connectivity index (χ1) is 18.4. The molecule has 2 nitrogen and oxygen atoms in total. The Hall–Kier alpha value is -4.69. The van der Waals surface area contributed by atoms with E-state index in [-0.39, 0.29) is 0 Å². The average molecular weight is 476 g/mol. The van der Waals surface area contributed by atoms with Crippen molar-refractivity contribution in [1.29, 1.82) is 0 Å². The van der Waals surface area contributed by atoms with Crippen LogP contribution in [0, 0.1) is 0 Å². The van der Waals surface area contributed by atoms with Crippen molar-refractivity contribution >= 4 is 0 Å². The molecule has 6 aromatic rings. The Kier molecular flexibility index (Phi) is 5.29. The first-order valence-corrected chi connectivity index (χ1v) is 12.9. The fraction of sp³-hybridized carbons (Fsp3) is 0.0571. The lowest BCUT2D eigenvalue weighted by molar-refractivity contribution is -0.686. The number of benzene rings is 5. The van der Waals surface area contributed by atoms with Crippen molar-refractivity contribution < 1.29 is 4.57 Å². The first kappa shape index (κ1) is 21.6. The van der Waals surface area contributed by atoms with Crippen molar-refractivity contribution in [2.24, 2.45) is 0 Å². The third-order valence-corrected chi connectivity index (χ3v) is 7.40. The molecule has 7 rings (SSSR count). The quantitative estimate of drug-likeness (QED) is 0.229. The molecule has 0 fully saturated rings. The normalized spacial score (nSPS) is 12.1. The van der Waals surface area contributed by atoms with Crippen LogP contribution in [-0.2, 0) is 13.0 Å². The Morgan fingerprint density at radius 2 is 1.05 bits per heavy atom. The fourth-order valence-electron chi connectivity index (χ4n) is 5.64. The molecule has 2 heterocycles. The number of aromatic nitrogens is 2. The van der Waals surface area contributed by atoms with Gasteiger partial charge in [0.15, 0.2) is 0 Å². The van der Waals surface area contributed by atoms with E-state index in [2.05, 4.69) is 149 Å². The van der Waals surface area contributed by atoms with Gasteiger partial charge in [0.05, 0.1) is 12.1 Å². The lowest BCUT2D eigenvalue weighted by atomic mass is 9.90. The van der Waals surface area contributed by atoms with Crippen LogP contribution in [0.4, 0.5) is 0 Å². The van der Waals surface area contributed by atoms with E-state index in [4.69, 9.17) is 0 Å². The van der Waals surface area contributed by atoms with Gasteiger partial charge in [-0.05, 0) is 46.0 Å². The summed E-state index contributed by atoms with van der Waals surface area (Å²) in [4.78, 5) is 0. The van der Waals surface area contributed by atoms with Crippen LogP contribution in [0.1, 0.15) is 5.56 Å². The molecule has 5 aromatic carbocycles. The molecule has 1 aliphatic rings. The molecule has 37 heavy (non-hydrogen) atoms. The maximum absolute atomic E-state index is 2.41. The predicted octanol–water partition coefficient (Wildman–Crippen LogP) is 7.99. The number of fused-ring (bicyclic) bond motifs is 3. The second-order valence-corrected chi connectivity index (χ2v) is 9.61. The maximum Gasteiger partial charge on any atom is 0.294 e. The highest BCUT2D eigenvalue weighted by atomic mass is 15.2. The van der Waals surface area contributed by atoms with Gasteiger partial charge < -0.3 is 0 Å². The number of hydrogen-bond donors (Lipinski definition) is 0. The van der Waals surface area contributed by atoms with E-state index in [0.717, 1.165) is 13.0 Å². The fourth-order valence-corrected chi connectivity index (χ4v) is 5.64. The topological polar surface area (TPSA) is 8.81 Å². The van der Waals surface area contributed by atoms with Gasteiger partial charge in [0.25, 0.3) is 5.82 Å². The van der Waals surface area contributed by atoms with Crippen molar-refractivity contribution in [3.05, 3.63) is 145 Å². The van der Waals surface area contributed by atoms with Gasteiger partial charge in [0.1, 0.15) is 18.1 Å². The molecule has 0 atom stereocenters. The SMILES string of the molecule is c1ccc(-c2cc(-c3ccccc3)c(-n3cc[n+]4c3-c3ccccc3CC4)c(-c3ccccc3)c2)cc1.